The molecule has 144 valence electrons. The molecule has 1 atom stereocenters. The summed E-state index contributed by atoms with van der Waals surface area (Å²) in [5.74, 6) is -2.87. The Kier molecular flexibility index (Phi) is 4.56. The number of rotatable bonds is 4. The zero-order chi connectivity index (χ0) is 20.5. The van der Waals surface area contributed by atoms with Crippen LogP contribution in [0.1, 0.15) is 31.1 Å². The second-order valence-electron chi connectivity index (χ2n) is 6.65. The van der Waals surface area contributed by atoms with Gasteiger partial charge < -0.3 is 9.30 Å². The molecule has 7 heteroatoms. The van der Waals surface area contributed by atoms with Crippen LogP contribution in [0.3, 0.4) is 0 Å². The maximum Gasteiger partial charge on any atom is 0.417 e. The number of aromatic nitrogens is 1. The molecule has 3 aromatic rings. The first kappa shape index (κ1) is 18.4. The summed E-state index contributed by atoms with van der Waals surface area (Å²) in [4.78, 5) is 50.7. The highest BCUT2D eigenvalue weighted by Gasteiger charge is 2.45. The quantitative estimate of drug-likeness (QED) is 0.545. The number of anilines is 1. The van der Waals surface area contributed by atoms with E-state index < -0.39 is 29.4 Å². The van der Waals surface area contributed by atoms with Gasteiger partial charge in [-0.05, 0) is 24.3 Å². The van der Waals surface area contributed by atoms with Gasteiger partial charge in [0.15, 0.2) is 17.3 Å². The van der Waals surface area contributed by atoms with Crippen LogP contribution in [0.25, 0.3) is 0 Å². The van der Waals surface area contributed by atoms with Gasteiger partial charge in [0.25, 0.3) is 0 Å². The van der Waals surface area contributed by atoms with Crippen molar-refractivity contribution in [2.45, 2.75) is 0 Å². The molecule has 0 saturated carbocycles. The molecule has 1 heterocycles. The Balaban J connectivity index is 1.61. The number of carbonyl (C=O) groups excluding carboxylic acids is 4. The van der Waals surface area contributed by atoms with Gasteiger partial charge in [-0.2, -0.15) is 0 Å². The first-order chi connectivity index (χ1) is 14.0. The summed E-state index contributed by atoms with van der Waals surface area (Å²) >= 11 is 0. The smallest absolute Gasteiger partial charge is 0.410 e. The van der Waals surface area contributed by atoms with E-state index in [0.29, 0.717) is 5.75 Å². The van der Waals surface area contributed by atoms with Gasteiger partial charge in [-0.25, -0.2) is 4.79 Å². The van der Waals surface area contributed by atoms with Crippen molar-refractivity contribution in [3.8, 4) is 5.75 Å². The van der Waals surface area contributed by atoms with Gasteiger partial charge in [0.2, 0.25) is 0 Å². The predicted octanol–water partition coefficient (Wildman–Crippen LogP) is 3.51. The Morgan fingerprint density at radius 1 is 0.966 bits per heavy atom. The number of fused-ring (bicyclic) bond motifs is 1. The number of aryl methyl sites for hydroxylation is 1. The Bertz CT molecular complexity index is 1150. The van der Waals surface area contributed by atoms with Crippen LogP contribution >= 0.6 is 0 Å². The lowest BCUT2D eigenvalue weighted by Crippen LogP contribution is -2.25. The Morgan fingerprint density at radius 3 is 2.41 bits per heavy atom. The van der Waals surface area contributed by atoms with E-state index in [9.17, 15) is 19.2 Å². The zero-order valence-electron chi connectivity index (χ0n) is 15.4. The molecule has 1 unspecified atom stereocenters. The second kappa shape index (κ2) is 7.20. The maximum absolute atomic E-state index is 12.9. The highest BCUT2D eigenvalue weighted by molar-refractivity contribution is 6.39. The molecule has 0 aliphatic heterocycles. The standard InChI is InChI=1S/C22H16N2O5/c1-24-11-10-13(12-24)19(25)18-20(26)15-8-5-9-16(17(15)21(18)27)23-22(28)29-14-6-3-2-4-7-14/h2-12,18H,1H3,(H,23,28). The van der Waals surface area contributed by atoms with Crippen LogP contribution in [-0.4, -0.2) is 28.0 Å². The number of ketones is 3. The summed E-state index contributed by atoms with van der Waals surface area (Å²) in [5, 5.41) is 2.50. The van der Waals surface area contributed by atoms with Gasteiger partial charge in [-0.1, -0.05) is 30.3 Å². The van der Waals surface area contributed by atoms with Crippen molar-refractivity contribution in [1.82, 2.24) is 4.57 Å². The minimum Gasteiger partial charge on any atom is -0.410 e. The van der Waals surface area contributed by atoms with E-state index >= 15 is 0 Å². The lowest BCUT2D eigenvalue weighted by molar-refractivity contribution is 0.0756. The molecule has 29 heavy (non-hydrogen) atoms. The van der Waals surface area contributed by atoms with E-state index in [1.807, 2.05) is 0 Å². The van der Waals surface area contributed by atoms with Crippen molar-refractivity contribution in [1.29, 1.82) is 0 Å². The van der Waals surface area contributed by atoms with Crippen LogP contribution < -0.4 is 10.1 Å². The molecule has 1 N–H and O–H groups in total. The maximum atomic E-state index is 12.9. The normalized spacial score (nSPS) is 15.1. The first-order valence-corrected chi connectivity index (χ1v) is 8.87. The van der Waals surface area contributed by atoms with E-state index in [0.717, 1.165) is 0 Å². The molecule has 1 aromatic heterocycles. The largest absolute Gasteiger partial charge is 0.417 e. The van der Waals surface area contributed by atoms with E-state index in [2.05, 4.69) is 5.32 Å². The molecule has 2 aromatic carbocycles. The molecule has 0 spiro atoms. The number of para-hydroxylation sites is 1. The molecule has 4 rings (SSSR count). The lowest BCUT2D eigenvalue weighted by atomic mass is 9.94. The number of amides is 1. The third-order valence-electron chi connectivity index (χ3n) is 4.67. The number of nitrogens with zero attached hydrogens (tertiary/aromatic N) is 1. The topological polar surface area (TPSA) is 94.5 Å². The zero-order valence-corrected chi connectivity index (χ0v) is 15.4. The average Bonchev–Trinajstić information content (AvgIpc) is 3.24. The van der Waals surface area contributed by atoms with Crippen LogP contribution in [0.5, 0.6) is 5.75 Å². The fraction of sp³-hybridized carbons (Fsp3) is 0.0909. The summed E-state index contributed by atoms with van der Waals surface area (Å²) in [6.45, 7) is 0. The summed E-state index contributed by atoms with van der Waals surface area (Å²) in [6.07, 6.45) is 2.42. The molecule has 1 aliphatic rings. The molecule has 7 nitrogen and oxygen atoms in total. The highest BCUT2D eigenvalue weighted by Crippen LogP contribution is 2.34. The van der Waals surface area contributed by atoms with Crippen molar-refractivity contribution in [2.24, 2.45) is 13.0 Å². The first-order valence-electron chi connectivity index (χ1n) is 8.87. The summed E-state index contributed by atoms with van der Waals surface area (Å²) in [5.41, 5.74) is 0.550. The average molecular weight is 388 g/mol. The van der Waals surface area contributed by atoms with Crippen molar-refractivity contribution in [2.75, 3.05) is 5.32 Å². The summed E-state index contributed by atoms with van der Waals surface area (Å²) < 4.78 is 6.83. The molecular formula is C22H16N2O5. The molecule has 0 fully saturated rings. The Morgan fingerprint density at radius 2 is 1.72 bits per heavy atom. The van der Waals surface area contributed by atoms with Crippen molar-refractivity contribution in [3.05, 3.63) is 83.7 Å². The summed E-state index contributed by atoms with van der Waals surface area (Å²) in [6, 6.07) is 14.5. The molecule has 1 amide bonds. The van der Waals surface area contributed by atoms with Crippen LogP contribution in [-0.2, 0) is 7.05 Å². The fourth-order valence-corrected chi connectivity index (χ4v) is 3.33. The number of ether oxygens (including phenoxy) is 1. The molecule has 1 aliphatic carbocycles. The van der Waals surface area contributed by atoms with Gasteiger partial charge in [0.05, 0.1) is 11.3 Å². The van der Waals surface area contributed by atoms with Gasteiger partial charge >= 0.3 is 6.09 Å². The van der Waals surface area contributed by atoms with Crippen molar-refractivity contribution < 1.29 is 23.9 Å². The van der Waals surface area contributed by atoms with Gasteiger partial charge in [-0.3, -0.25) is 19.7 Å². The third kappa shape index (κ3) is 3.34. The minimum atomic E-state index is -1.44. The monoisotopic (exact) mass is 388 g/mol. The van der Waals surface area contributed by atoms with Crippen LogP contribution in [0, 0.1) is 5.92 Å². The number of benzene rings is 2. The molecule has 0 bridgehead atoms. The number of Topliss-reactive ketones (excluding diaryl/α,β-unsaturated/α-hetero) is 3. The third-order valence-corrected chi connectivity index (χ3v) is 4.67. The minimum absolute atomic E-state index is 0.0248. The van der Waals surface area contributed by atoms with Crippen LogP contribution in [0.2, 0.25) is 0 Å². The Labute approximate surface area is 165 Å². The van der Waals surface area contributed by atoms with Crippen LogP contribution in [0.15, 0.2) is 67.0 Å². The van der Waals surface area contributed by atoms with E-state index in [-0.39, 0.29) is 22.4 Å². The number of hydrogen-bond acceptors (Lipinski definition) is 5. The van der Waals surface area contributed by atoms with Gasteiger partial charge in [-0.15, -0.1) is 0 Å². The number of hydrogen-bond donors (Lipinski definition) is 1. The van der Waals surface area contributed by atoms with Crippen molar-refractivity contribution in [3.63, 3.8) is 0 Å². The number of carbonyl (C=O) groups is 4. The molecule has 0 saturated heterocycles. The van der Waals surface area contributed by atoms with E-state index in [4.69, 9.17) is 4.74 Å². The lowest BCUT2D eigenvalue weighted by Gasteiger charge is -2.09. The van der Waals surface area contributed by atoms with E-state index in [1.165, 1.54) is 18.2 Å². The van der Waals surface area contributed by atoms with Gasteiger partial charge in [0.1, 0.15) is 11.7 Å². The fourth-order valence-electron chi connectivity index (χ4n) is 3.33. The highest BCUT2D eigenvalue weighted by atomic mass is 16.6. The predicted molar refractivity (Wildman–Crippen MR) is 104 cm³/mol. The number of nitrogens with one attached hydrogen (secondary N) is 1. The summed E-state index contributed by atoms with van der Waals surface area (Å²) in [7, 11) is 1.74. The van der Waals surface area contributed by atoms with E-state index in [1.54, 1.807) is 60.4 Å². The molecule has 0 radical (unpaired) electrons. The Hall–Kier alpha value is -4.00. The van der Waals surface area contributed by atoms with Crippen LogP contribution in [0.4, 0.5) is 10.5 Å². The second-order valence-corrected chi connectivity index (χ2v) is 6.65. The SMILES string of the molecule is Cn1ccc(C(=O)C2C(=O)c3cccc(NC(=O)Oc4ccccc4)c3C2=O)c1. The van der Waals surface area contributed by atoms with Gasteiger partial charge in [0, 0.05) is 30.6 Å². The van der Waals surface area contributed by atoms with Crippen molar-refractivity contribution >= 4 is 29.1 Å². The molecular weight excluding hydrogens is 372 g/mol.